The second-order valence-corrected chi connectivity index (χ2v) is 5.23. The molecule has 0 aliphatic carbocycles. The molecule has 1 saturated heterocycles. The summed E-state index contributed by atoms with van der Waals surface area (Å²) >= 11 is 0. The number of carbonyl (C=O) groups is 1. The van der Waals surface area contributed by atoms with Gasteiger partial charge in [-0.3, -0.25) is 9.69 Å². The summed E-state index contributed by atoms with van der Waals surface area (Å²) in [6, 6.07) is 2.72. The molecule has 2 aromatic rings. The van der Waals surface area contributed by atoms with Crippen molar-refractivity contribution in [3.63, 3.8) is 0 Å². The van der Waals surface area contributed by atoms with E-state index in [0.29, 0.717) is 13.1 Å². The lowest BCUT2D eigenvalue weighted by Gasteiger charge is -2.39. The molecule has 0 unspecified atom stereocenters. The molecule has 2 aromatic heterocycles. The van der Waals surface area contributed by atoms with E-state index in [2.05, 4.69) is 26.8 Å². The van der Waals surface area contributed by atoms with E-state index in [-0.39, 0.29) is 17.6 Å². The number of piperazine rings is 1. The van der Waals surface area contributed by atoms with Gasteiger partial charge in [0, 0.05) is 32.0 Å². The zero-order chi connectivity index (χ0) is 15.5. The SMILES string of the molecule is CCN1CCN(C(=O)c2ccc(F)cn2)C[C@@H]1c1ncc[nH]1. The Morgan fingerprint density at radius 3 is 2.91 bits per heavy atom. The first-order chi connectivity index (χ1) is 10.7. The maximum atomic E-state index is 12.9. The van der Waals surface area contributed by atoms with Gasteiger partial charge in [-0.1, -0.05) is 6.92 Å². The molecule has 3 heterocycles. The van der Waals surface area contributed by atoms with Crippen LogP contribution in [0.5, 0.6) is 0 Å². The van der Waals surface area contributed by atoms with Gasteiger partial charge >= 0.3 is 0 Å². The molecule has 0 saturated carbocycles. The zero-order valence-electron chi connectivity index (χ0n) is 12.4. The van der Waals surface area contributed by atoms with Gasteiger partial charge in [0.15, 0.2) is 0 Å². The van der Waals surface area contributed by atoms with E-state index < -0.39 is 5.82 Å². The fourth-order valence-corrected chi connectivity index (χ4v) is 2.77. The van der Waals surface area contributed by atoms with Crippen LogP contribution in [0.1, 0.15) is 29.3 Å². The van der Waals surface area contributed by atoms with Crippen LogP contribution in [0, 0.1) is 5.82 Å². The molecule has 7 heteroatoms. The minimum Gasteiger partial charge on any atom is -0.347 e. The molecule has 1 aliphatic rings. The molecular formula is C15H18FN5O. The van der Waals surface area contributed by atoms with Crippen LogP contribution in [0.3, 0.4) is 0 Å². The van der Waals surface area contributed by atoms with Crippen LogP contribution in [0.15, 0.2) is 30.7 Å². The molecule has 6 nitrogen and oxygen atoms in total. The van der Waals surface area contributed by atoms with Gasteiger partial charge in [-0.15, -0.1) is 0 Å². The Morgan fingerprint density at radius 2 is 2.27 bits per heavy atom. The first-order valence-electron chi connectivity index (χ1n) is 7.33. The Bertz CT molecular complexity index is 628. The highest BCUT2D eigenvalue weighted by Crippen LogP contribution is 2.23. The molecule has 0 radical (unpaired) electrons. The van der Waals surface area contributed by atoms with Crippen molar-refractivity contribution >= 4 is 5.91 Å². The van der Waals surface area contributed by atoms with Crippen LogP contribution in [-0.4, -0.2) is 56.8 Å². The van der Waals surface area contributed by atoms with Crippen LogP contribution in [0.2, 0.25) is 0 Å². The first-order valence-corrected chi connectivity index (χ1v) is 7.33. The maximum Gasteiger partial charge on any atom is 0.272 e. The lowest BCUT2D eigenvalue weighted by molar-refractivity contribution is 0.0474. The molecule has 1 N–H and O–H groups in total. The van der Waals surface area contributed by atoms with E-state index in [9.17, 15) is 9.18 Å². The molecule has 1 amide bonds. The second kappa shape index (κ2) is 6.23. The molecule has 1 atom stereocenters. The number of imidazole rings is 1. The summed E-state index contributed by atoms with van der Waals surface area (Å²) in [5.74, 6) is 0.236. The molecule has 1 fully saturated rings. The molecule has 0 aromatic carbocycles. The third-order valence-corrected chi connectivity index (χ3v) is 3.97. The van der Waals surface area contributed by atoms with Gasteiger partial charge in [0.1, 0.15) is 17.3 Å². The summed E-state index contributed by atoms with van der Waals surface area (Å²) in [6.07, 6.45) is 4.57. The number of carbonyl (C=O) groups excluding carboxylic acids is 1. The fraction of sp³-hybridized carbons (Fsp3) is 0.400. The minimum absolute atomic E-state index is 0.0400. The third kappa shape index (κ3) is 2.85. The van der Waals surface area contributed by atoms with E-state index >= 15 is 0 Å². The van der Waals surface area contributed by atoms with Gasteiger partial charge in [0.05, 0.1) is 12.2 Å². The molecule has 1 aliphatic heterocycles. The van der Waals surface area contributed by atoms with Crippen molar-refractivity contribution in [1.29, 1.82) is 0 Å². The summed E-state index contributed by atoms with van der Waals surface area (Å²) in [5, 5.41) is 0. The van der Waals surface area contributed by atoms with Crippen LogP contribution in [0.4, 0.5) is 4.39 Å². The summed E-state index contributed by atoms with van der Waals surface area (Å²) in [4.78, 5) is 27.9. The Kier molecular flexibility index (Phi) is 4.15. The van der Waals surface area contributed by atoms with Gasteiger partial charge < -0.3 is 9.88 Å². The van der Waals surface area contributed by atoms with Crippen molar-refractivity contribution in [2.24, 2.45) is 0 Å². The number of nitrogens with zero attached hydrogens (tertiary/aromatic N) is 4. The van der Waals surface area contributed by atoms with Crippen molar-refractivity contribution < 1.29 is 9.18 Å². The zero-order valence-corrected chi connectivity index (χ0v) is 12.4. The van der Waals surface area contributed by atoms with Gasteiger partial charge in [-0.2, -0.15) is 0 Å². The smallest absolute Gasteiger partial charge is 0.272 e. The Labute approximate surface area is 128 Å². The average molecular weight is 303 g/mol. The maximum absolute atomic E-state index is 12.9. The normalized spacial score (nSPS) is 19.4. The molecule has 3 rings (SSSR count). The van der Waals surface area contributed by atoms with Crippen LogP contribution in [-0.2, 0) is 0 Å². The Morgan fingerprint density at radius 1 is 1.41 bits per heavy atom. The largest absolute Gasteiger partial charge is 0.347 e. The van der Waals surface area contributed by atoms with E-state index in [4.69, 9.17) is 0 Å². The number of amides is 1. The minimum atomic E-state index is -0.444. The van der Waals surface area contributed by atoms with E-state index in [0.717, 1.165) is 25.1 Å². The quantitative estimate of drug-likeness (QED) is 0.932. The lowest BCUT2D eigenvalue weighted by Crippen LogP contribution is -2.50. The van der Waals surface area contributed by atoms with Gasteiger partial charge in [0.2, 0.25) is 0 Å². The standard InChI is InChI=1S/C15H18FN5O/c1-2-20-7-8-21(10-13(20)14-17-5-6-18-14)15(22)12-4-3-11(16)9-19-12/h3-6,9,13H,2,7-8,10H2,1H3,(H,17,18)/t13-/m1/s1. The molecule has 22 heavy (non-hydrogen) atoms. The Balaban J connectivity index is 1.78. The number of pyridine rings is 1. The molecular weight excluding hydrogens is 285 g/mol. The highest BCUT2D eigenvalue weighted by Gasteiger charge is 2.31. The number of rotatable bonds is 3. The van der Waals surface area contributed by atoms with Crippen molar-refractivity contribution in [2.45, 2.75) is 13.0 Å². The van der Waals surface area contributed by atoms with E-state index in [1.54, 1.807) is 17.3 Å². The number of H-pyrrole nitrogens is 1. The highest BCUT2D eigenvalue weighted by molar-refractivity contribution is 5.92. The number of likely N-dealkylation sites (N-methyl/N-ethyl adjacent to an activating group) is 1. The third-order valence-electron chi connectivity index (χ3n) is 3.97. The van der Waals surface area contributed by atoms with Gasteiger partial charge in [-0.05, 0) is 18.7 Å². The van der Waals surface area contributed by atoms with E-state index in [1.807, 2.05) is 0 Å². The van der Waals surface area contributed by atoms with Gasteiger partial charge in [-0.25, -0.2) is 14.4 Å². The monoisotopic (exact) mass is 303 g/mol. The number of aromatic nitrogens is 3. The molecule has 116 valence electrons. The Hall–Kier alpha value is -2.28. The number of hydrogen-bond acceptors (Lipinski definition) is 4. The topological polar surface area (TPSA) is 65.1 Å². The fourth-order valence-electron chi connectivity index (χ4n) is 2.77. The molecule has 0 spiro atoms. The number of aromatic amines is 1. The van der Waals surface area contributed by atoms with Crippen molar-refractivity contribution in [1.82, 2.24) is 24.8 Å². The van der Waals surface area contributed by atoms with Crippen molar-refractivity contribution in [3.8, 4) is 0 Å². The summed E-state index contributed by atoms with van der Waals surface area (Å²) < 4.78 is 12.9. The lowest BCUT2D eigenvalue weighted by atomic mass is 10.1. The van der Waals surface area contributed by atoms with E-state index in [1.165, 1.54) is 12.1 Å². The van der Waals surface area contributed by atoms with Crippen LogP contribution >= 0.6 is 0 Å². The van der Waals surface area contributed by atoms with Crippen LogP contribution in [0.25, 0.3) is 0 Å². The molecule has 0 bridgehead atoms. The highest BCUT2D eigenvalue weighted by atomic mass is 19.1. The summed E-state index contributed by atoms with van der Waals surface area (Å²) in [7, 11) is 0. The van der Waals surface area contributed by atoms with Gasteiger partial charge in [0.25, 0.3) is 5.91 Å². The second-order valence-electron chi connectivity index (χ2n) is 5.23. The number of hydrogen-bond donors (Lipinski definition) is 1. The summed E-state index contributed by atoms with van der Waals surface area (Å²) in [5.41, 5.74) is 0.268. The number of nitrogens with one attached hydrogen (secondary N) is 1. The average Bonchev–Trinajstić information content (AvgIpc) is 3.08. The predicted octanol–water partition coefficient (Wildman–Crippen LogP) is 1.46. The van der Waals surface area contributed by atoms with Crippen LogP contribution < -0.4 is 0 Å². The summed E-state index contributed by atoms with van der Waals surface area (Å²) in [6.45, 7) is 4.92. The number of halogens is 1. The predicted molar refractivity (Wildman–Crippen MR) is 78.7 cm³/mol. The van der Waals surface area contributed by atoms with Crippen molar-refractivity contribution in [3.05, 3.63) is 48.1 Å². The first kappa shape index (κ1) is 14.6. The van der Waals surface area contributed by atoms with Crippen molar-refractivity contribution in [2.75, 3.05) is 26.2 Å².